The molecular weight excluding hydrogens is 454 g/mol. The molecule has 1 aromatic rings. The van der Waals surface area contributed by atoms with Gasteiger partial charge >= 0.3 is 11.9 Å². The number of rotatable bonds is 5. The Morgan fingerprint density at radius 2 is 1.92 bits per heavy atom. The van der Waals surface area contributed by atoms with E-state index in [4.69, 9.17) is 14.6 Å². The third-order valence-corrected chi connectivity index (χ3v) is 3.08. The van der Waals surface area contributed by atoms with Crippen LogP contribution in [0.25, 0.3) is 0 Å². The van der Waals surface area contributed by atoms with E-state index in [-0.39, 0.29) is 28.3 Å². The molecule has 0 fully saturated rings. The van der Waals surface area contributed by atoms with Crippen molar-refractivity contribution in [2.45, 2.75) is 26.4 Å². The van der Waals surface area contributed by atoms with Gasteiger partial charge < -0.3 is 14.6 Å². The maximum atomic E-state index is 10.6. The fourth-order valence-electron chi connectivity index (χ4n) is 1.23. The fourth-order valence-corrected chi connectivity index (χ4v) is 1.82. The number of ether oxygens (including phenoxy) is 2. The van der Waals surface area contributed by atoms with Crippen molar-refractivity contribution in [2.75, 3.05) is 11.9 Å². The Balaban J connectivity index is 0.000000506. The lowest BCUT2D eigenvalue weighted by molar-refractivity contribution is -0.385. The quantitative estimate of drug-likeness (QED) is 0.302. The molecule has 0 aliphatic heterocycles. The Morgan fingerprint density at radius 3 is 2.25 bits per heavy atom. The minimum atomic E-state index is -1.11. The number of halogens is 2. The third kappa shape index (κ3) is 10.2. The summed E-state index contributed by atoms with van der Waals surface area (Å²) < 4.78 is 10.1. The maximum Gasteiger partial charge on any atom is 0.341 e. The molecule has 0 spiro atoms. The number of hydrogen-bond acceptors (Lipinski definition) is 6. The number of hydrogen-bond donors (Lipinski definition) is 1. The van der Waals surface area contributed by atoms with Gasteiger partial charge in [-0.1, -0.05) is 15.9 Å². The molecule has 134 valence electrons. The molecule has 0 saturated carbocycles. The van der Waals surface area contributed by atoms with Gasteiger partial charge in [0.1, 0.15) is 16.7 Å². The number of non-ortho nitro benzene ring substituents is 1. The van der Waals surface area contributed by atoms with Crippen LogP contribution in [0.2, 0.25) is 0 Å². The Hall–Kier alpha value is -1.68. The fraction of sp³-hybridized carbons (Fsp3) is 0.429. The number of nitro benzene ring substituents is 1. The van der Waals surface area contributed by atoms with Crippen LogP contribution in [0.15, 0.2) is 22.7 Å². The molecule has 0 radical (unpaired) electrons. The number of nitrogens with zero attached hydrogens (tertiary/aromatic N) is 1. The molecule has 0 aliphatic carbocycles. The van der Waals surface area contributed by atoms with Crippen molar-refractivity contribution >= 4 is 49.5 Å². The summed E-state index contributed by atoms with van der Waals surface area (Å²) in [6.07, 6.45) is 0. The Bertz CT molecular complexity index is 599. The molecule has 24 heavy (non-hydrogen) atoms. The summed E-state index contributed by atoms with van der Waals surface area (Å²) in [5.41, 5.74) is -0.449. The zero-order valence-corrected chi connectivity index (χ0v) is 16.4. The number of carboxylic acid groups (broad SMARTS) is 1. The summed E-state index contributed by atoms with van der Waals surface area (Å²) in [5.74, 6) is -1.08. The lowest BCUT2D eigenvalue weighted by Crippen LogP contribution is -2.24. The second-order valence-corrected chi connectivity index (χ2v) is 6.69. The van der Waals surface area contributed by atoms with Gasteiger partial charge in [0, 0.05) is 12.1 Å². The van der Waals surface area contributed by atoms with Crippen LogP contribution in [0.1, 0.15) is 20.8 Å². The van der Waals surface area contributed by atoms with Crippen LogP contribution < -0.4 is 4.74 Å². The van der Waals surface area contributed by atoms with E-state index in [1.54, 1.807) is 0 Å². The monoisotopic (exact) mass is 469 g/mol. The minimum absolute atomic E-state index is 0.0930. The predicted octanol–water partition coefficient (Wildman–Crippen LogP) is 3.54. The Kier molecular flexibility index (Phi) is 9.52. The van der Waals surface area contributed by atoms with E-state index in [1.165, 1.54) is 18.2 Å². The second-order valence-electron chi connectivity index (χ2n) is 5.27. The third-order valence-electron chi connectivity index (χ3n) is 2.01. The van der Waals surface area contributed by atoms with Gasteiger partial charge in [0.05, 0.1) is 9.40 Å². The highest BCUT2D eigenvalue weighted by molar-refractivity contribution is 9.10. The van der Waals surface area contributed by atoms with E-state index in [1.807, 2.05) is 20.8 Å². The van der Waals surface area contributed by atoms with Crippen molar-refractivity contribution < 1.29 is 29.1 Å². The topological polar surface area (TPSA) is 116 Å². The van der Waals surface area contributed by atoms with Gasteiger partial charge in [-0.25, -0.2) is 4.79 Å². The van der Waals surface area contributed by atoms with Crippen LogP contribution in [0.5, 0.6) is 5.75 Å². The van der Waals surface area contributed by atoms with Gasteiger partial charge in [0.15, 0.2) is 6.61 Å². The van der Waals surface area contributed by atoms with Gasteiger partial charge in [-0.15, -0.1) is 0 Å². The van der Waals surface area contributed by atoms with Crippen molar-refractivity contribution in [3.8, 4) is 5.75 Å². The van der Waals surface area contributed by atoms with E-state index in [0.717, 1.165) is 0 Å². The highest BCUT2D eigenvalue weighted by atomic mass is 79.9. The van der Waals surface area contributed by atoms with Gasteiger partial charge in [-0.05, 0) is 42.8 Å². The average molecular weight is 471 g/mol. The molecule has 0 atom stereocenters. The van der Waals surface area contributed by atoms with Crippen molar-refractivity contribution in [3.63, 3.8) is 0 Å². The number of nitro groups is 1. The zero-order chi connectivity index (χ0) is 18.9. The van der Waals surface area contributed by atoms with E-state index in [0.29, 0.717) is 4.47 Å². The molecule has 0 aromatic heterocycles. The number of aliphatic carboxylic acids is 1. The molecule has 0 bridgehead atoms. The van der Waals surface area contributed by atoms with Crippen molar-refractivity contribution in [2.24, 2.45) is 0 Å². The molecule has 1 N–H and O–H groups in total. The first-order chi connectivity index (χ1) is 11.0. The SMILES string of the molecule is CC(C)(C)OC(=O)CBr.O=C(O)COc1ccc([N+](=O)[O-])cc1Br. The minimum Gasteiger partial charge on any atom is -0.481 e. The molecule has 0 aliphatic rings. The van der Waals surface area contributed by atoms with Gasteiger partial charge in [0.25, 0.3) is 5.69 Å². The molecule has 1 aromatic carbocycles. The number of carbonyl (C=O) groups is 2. The number of esters is 1. The largest absolute Gasteiger partial charge is 0.481 e. The van der Waals surface area contributed by atoms with Crippen molar-refractivity contribution in [1.29, 1.82) is 0 Å². The summed E-state index contributed by atoms with van der Waals surface area (Å²) in [5, 5.41) is 19.0. The Labute approximate surface area is 155 Å². The van der Waals surface area contributed by atoms with E-state index < -0.39 is 17.5 Å². The standard InChI is InChI=1S/C8H6BrNO5.C6H11BrO2/c9-6-3-5(10(13)14)1-2-7(6)15-4-8(11)12;1-6(2,3)9-5(8)4-7/h1-3H,4H2,(H,11,12);4H2,1-3H3. The molecule has 1 rings (SSSR count). The van der Waals surface area contributed by atoms with Crippen LogP contribution in [-0.4, -0.2) is 39.5 Å². The second kappa shape index (κ2) is 10.2. The first-order valence-corrected chi connectivity index (χ1v) is 8.44. The number of carbonyl (C=O) groups excluding carboxylic acids is 1. The normalized spacial score (nSPS) is 10.2. The van der Waals surface area contributed by atoms with E-state index in [2.05, 4.69) is 31.9 Å². The molecular formula is C14H17Br2NO7. The number of alkyl halides is 1. The van der Waals surface area contributed by atoms with Crippen LogP contribution in [0, 0.1) is 10.1 Å². The molecule has 10 heteroatoms. The van der Waals surface area contributed by atoms with Crippen LogP contribution in [0.4, 0.5) is 5.69 Å². The van der Waals surface area contributed by atoms with E-state index >= 15 is 0 Å². The molecule has 0 heterocycles. The van der Waals surface area contributed by atoms with Crippen LogP contribution >= 0.6 is 31.9 Å². The first-order valence-electron chi connectivity index (χ1n) is 6.52. The van der Waals surface area contributed by atoms with Gasteiger partial charge in [-0.2, -0.15) is 0 Å². The molecule has 0 saturated heterocycles. The van der Waals surface area contributed by atoms with Gasteiger partial charge in [0.2, 0.25) is 0 Å². The number of benzene rings is 1. The molecule has 8 nitrogen and oxygen atoms in total. The molecule has 0 unspecified atom stereocenters. The predicted molar refractivity (Wildman–Crippen MR) is 93.6 cm³/mol. The maximum absolute atomic E-state index is 10.6. The number of carboxylic acids is 1. The lowest BCUT2D eigenvalue weighted by atomic mass is 10.2. The average Bonchev–Trinajstić information content (AvgIpc) is 2.44. The first kappa shape index (κ1) is 22.3. The Morgan fingerprint density at radius 1 is 1.33 bits per heavy atom. The van der Waals surface area contributed by atoms with Crippen LogP contribution in [-0.2, 0) is 14.3 Å². The van der Waals surface area contributed by atoms with Gasteiger partial charge in [-0.3, -0.25) is 14.9 Å². The summed E-state index contributed by atoms with van der Waals surface area (Å²) in [4.78, 5) is 30.6. The summed E-state index contributed by atoms with van der Waals surface area (Å²) in [7, 11) is 0. The summed E-state index contributed by atoms with van der Waals surface area (Å²) >= 11 is 6.04. The highest BCUT2D eigenvalue weighted by Gasteiger charge is 2.14. The van der Waals surface area contributed by atoms with Crippen LogP contribution in [0.3, 0.4) is 0 Å². The zero-order valence-electron chi connectivity index (χ0n) is 13.2. The highest BCUT2D eigenvalue weighted by Crippen LogP contribution is 2.28. The molecule has 0 amide bonds. The smallest absolute Gasteiger partial charge is 0.341 e. The summed E-state index contributed by atoms with van der Waals surface area (Å²) in [6.45, 7) is 5.03. The lowest BCUT2D eigenvalue weighted by Gasteiger charge is -2.18. The van der Waals surface area contributed by atoms with Crippen molar-refractivity contribution in [3.05, 3.63) is 32.8 Å². The summed E-state index contributed by atoms with van der Waals surface area (Å²) in [6, 6.07) is 3.82. The van der Waals surface area contributed by atoms with Crippen molar-refractivity contribution in [1.82, 2.24) is 0 Å². The van der Waals surface area contributed by atoms with E-state index in [9.17, 15) is 19.7 Å².